The summed E-state index contributed by atoms with van der Waals surface area (Å²) in [5.74, 6) is -0.385. The molecule has 17 heavy (non-hydrogen) atoms. The maximum Gasteiger partial charge on any atom is 0.221 e. The Labute approximate surface area is 95.5 Å². The Balaban J connectivity index is 2.42. The van der Waals surface area contributed by atoms with E-state index >= 15 is 0 Å². The highest BCUT2D eigenvalue weighted by molar-refractivity contribution is 5.92. The van der Waals surface area contributed by atoms with Crippen LogP contribution in [0.15, 0.2) is 30.5 Å². The number of nitrogens with two attached hydrogens (primary N) is 1. The summed E-state index contributed by atoms with van der Waals surface area (Å²) in [6.45, 7) is 0. The molecule has 6 heteroatoms. The molecular weight excluding hydrogens is 221 g/mol. The van der Waals surface area contributed by atoms with E-state index in [0.717, 1.165) is 0 Å². The van der Waals surface area contributed by atoms with Gasteiger partial charge in [0, 0.05) is 11.6 Å². The van der Waals surface area contributed by atoms with Crippen LogP contribution >= 0.6 is 0 Å². The first-order valence-electron chi connectivity index (χ1n) is 4.97. The molecule has 0 saturated heterocycles. The van der Waals surface area contributed by atoms with Crippen molar-refractivity contribution in [2.24, 2.45) is 0 Å². The zero-order valence-corrected chi connectivity index (χ0v) is 8.68. The van der Waals surface area contributed by atoms with Crippen molar-refractivity contribution < 1.29 is 4.39 Å². The smallest absolute Gasteiger partial charge is 0.221 e. The lowest BCUT2D eigenvalue weighted by Gasteiger charge is -2.05. The first-order valence-corrected chi connectivity index (χ1v) is 4.97. The van der Waals surface area contributed by atoms with Gasteiger partial charge in [0.2, 0.25) is 5.95 Å². The lowest BCUT2D eigenvalue weighted by atomic mass is 10.1. The number of nitrogens with one attached hydrogen (secondary N) is 1. The number of anilines is 1. The highest BCUT2D eigenvalue weighted by Crippen LogP contribution is 2.26. The molecule has 0 unspecified atom stereocenters. The normalized spacial score (nSPS) is 10.9. The van der Waals surface area contributed by atoms with E-state index in [1.807, 2.05) is 0 Å². The van der Waals surface area contributed by atoms with Crippen molar-refractivity contribution in [2.45, 2.75) is 0 Å². The number of hydrogen-bond donors (Lipinski definition) is 2. The van der Waals surface area contributed by atoms with Gasteiger partial charge in [-0.15, -0.1) is 0 Å². The molecule has 1 aromatic carbocycles. The summed E-state index contributed by atoms with van der Waals surface area (Å²) in [7, 11) is 0. The van der Waals surface area contributed by atoms with Gasteiger partial charge < -0.3 is 5.73 Å². The third-order valence-electron chi connectivity index (χ3n) is 2.45. The van der Waals surface area contributed by atoms with Crippen LogP contribution in [-0.2, 0) is 0 Å². The topological polar surface area (TPSA) is 80.5 Å². The molecule has 0 aliphatic heterocycles. The van der Waals surface area contributed by atoms with Crippen molar-refractivity contribution in [3.8, 4) is 11.4 Å². The van der Waals surface area contributed by atoms with Crippen molar-refractivity contribution >= 4 is 16.9 Å². The van der Waals surface area contributed by atoms with Gasteiger partial charge >= 0.3 is 0 Å². The third kappa shape index (κ3) is 1.50. The van der Waals surface area contributed by atoms with Crippen molar-refractivity contribution in [3.05, 3.63) is 36.3 Å². The Bertz CT molecular complexity index is 678. The first-order chi connectivity index (χ1) is 8.25. The second kappa shape index (κ2) is 3.51. The number of nitrogen functional groups attached to an aromatic ring is 1. The molecule has 0 bridgehead atoms. The van der Waals surface area contributed by atoms with E-state index in [1.165, 1.54) is 6.07 Å². The van der Waals surface area contributed by atoms with Crippen LogP contribution in [0.1, 0.15) is 0 Å². The Morgan fingerprint density at radius 1 is 1.18 bits per heavy atom. The fraction of sp³-hybridized carbons (Fsp3) is 0. The van der Waals surface area contributed by atoms with Gasteiger partial charge in [-0.05, 0) is 12.1 Å². The molecule has 3 N–H and O–H groups in total. The van der Waals surface area contributed by atoms with E-state index in [9.17, 15) is 4.39 Å². The lowest BCUT2D eigenvalue weighted by molar-refractivity contribution is 0.636. The minimum Gasteiger partial charge on any atom is -0.368 e. The van der Waals surface area contributed by atoms with Gasteiger partial charge in [0.15, 0.2) is 0 Å². The molecule has 84 valence electrons. The van der Waals surface area contributed by atoms with Crippen molar-refractivity contribution in [2.75, 3.05) is 5.73 Å². The van der Waals surface area contributed by atoms with Crippen LogP contribution in [0, 0.1) is 5.82 Å². The summed E-state index contributed by atoms with van der Waals surface area (Å²) >= 11 is 0. The van der Waals surface area contributed by atoms with Crippen molar-refractivity contribution in [1.29, 1.82) is 0 Å². The summed E-state index contributed by atoms with van der Waals surface area (Å²) in [5, 5.41) is 7.21. The quantitative estimate of drug-likeness (QED) is 0.666. The van der Waals surface area contributed by atoms with Gasteiger partial charge in [0.25, 0.3) is 0 Å². The zero-order chi connectivity index (χ0) is 11.8. The van der Waals surface area contributed by atoms with Gasteiger partial charge in [-0.1, -0.05) is 12.1 Å². The summed E-state index contributed by atoms with van der Waals surface area (Å²) in [6.07, 6.45) is 1.60. The van der Waals surface area contributed by atoms with Crippen LogP contribution in [0.5, 0.6) is 0 Å². The Kier molecular flexibility index (Phi) is 2.01. The van der Waals surface area contributed by atoms with Crippen LogP contribution < -0.4 is 5.73 Å². The molecule has 0 saturated carbocycles. The second-order valence-electron chi connectivity index (χ2n) is 3.54. The van der Waals surface area contributed by atoms with Crippen LogP contribution in [-0.4, -0.2) is 20.2 Å². The summed E-state index contributed by atoms with van der Waals surface area (Å²) in [5.41, 5.74) is 7.01. The zero-order valence-electron chi connectivity index (χ0n) is 8.68. The Hall–Kier alpha value is -2.50. The number of fused-ring (bicyclic) bond motifs is 1. The number of benzene rings is 1. The Morgan fingerprint density at radius 3 is 2.82 bits per heavy atom. The lowest BCUT2D eigenvalue weighted by Crippen LogP contribution is -1.99. The predicted octanol–water partition coefficient (Wildman–Crippen LogP) is 1.74. The molecule has 0 aliphatic carbocycles. The minimum atomic E-state index is -0.419. The molecule has 3 rings (SSSR count). The van der Waals surface area contributed by atoms with Gasteiger partial charge in [-0.2, -0.15) is 5.10 Å². The predicted molar refractivity (Wildman–Crippen MR) is 61.5 cm³/mol. The number of rotatable bonds is 1. The molecule has 0 fully saturated rings. The maximum absolute atomic E-state index is 13.6. The number of aromatic amines is 1. The van der Waals surface area contributed by atoms with Crippen molar-refractivity contribution in [1.82, 2.24) is 20.2 Å². The number of aromatic nitrogens is 4. The fourth-order valence-electron chi connectivity index (χ4n) is 1.73. The highest BCUT2D eigenvalue weighted by atomic mass is 19.1. The molecule has 2 aromatic heterocycles. The van der Waals surface area contributed by atoms with Gasteiger partial charge in [-0.25, -0.2) is 14.4 Å². The maximum atomic E-state index is 13.6. The molecular formula is C11H8FN5. The monoisotopic (exact) mass is 229 g/mol. The van der Waals surface area contributed by atoms with Crippen LogP contribution in [0.3, 0.4) is 0 Å². The van der Waals surface area contributed by atoms with Gasteiger partial charge in [0.1, 0.15) is 17.0 Å². The minimum absolute atomic E-state index is 0.0344. The van der Waals surface area contributed by atoms with Crippen molar-refractivity contribution in [3.63, 3.8) is 0 Å². The average molecular weight is 229 g/mol. The molecule has 0 spiro atoms. The molecule has 0 aliphatic rings. The van der Waals surface area contributed by atoms with E-state index in [1.54, 1.807) is 24.4 Å². The third-order valence-corrected chi connectivity index (χ3v) is 2.45. The molecule has 2 heterocycles. The van der Waals surface area contributed by atoms with Crippen LogP contribution in [0.4, 0.5) is 10.3 Å². The molecule has 5 nitrogen and oxygen atoms in total. The summed E-state index contributed by atoms with van der Waals surface area (Å²) in [6, 6.07) is 6.43. The second-order valence-corrected chi connectivity index (χ2v) is 3.54. The molecule has 0 atom stereocenters. The summed E-state index contributed by atoms with van der Waals surface area (Å²) in [4.78, 5) is 8.02. The van der Waals surface area contributed by atoms with Crippen LogP contribution in [0.2, 0.25) is 0 Å². The van der Waals surface area contributed by atoms with Gasteiger partial charge in [0.05, 0.1) is 5.69 Å². The fourth-order valence-corrected chi connectivity index (χ4v) is 1.73. The average Bonchev–Trinajstić information content (AvgIpc) is 2.83. The van der Waals surface area contributed by atoms with Gasteiger partial charge in [-0.3, -0.25) is 5.10 Å². The van der Waals surface area contributed by atoms with Crippen LogP contribution in [0.25, 0.3) is 22.3 Å². The number of H-pyrrole nitrogens is 1. The standard InChI is InChI=1S/C11H8FN5/c12-7-3-1-2-6-9(7)15-11(13)16-10(6)8-4-5-14-17-8/h1-5H,(H,14,17)(H2,13,15,16). The summed E-state index contributed by atoms with van der Waals surface area (Å²) < 4.78 is 13.6. The van der Waals surface area contributed by atoms with E-state index in [2.05, 4.69) is 20.2 Å². The number of hydrogen-bond acceptors (Lipinski definition) is 4. The van der Waals surface area contributed by atoms with E-state index in [4.69, 9.17) is 5.73 Å². The molecule has 0 radical (unpaired) electrons. The molecule has 0 amide bonds. The largest absolute Gasteiger partial charge is 0.368 e. The SMILES string of the molecule is Nc1nc(-c2ccn[nH]2)c2cccc(F)c2n1. The number of nitrogens with zero attached hydrogens (tertiary/aromatic N) is 3. The van der Waals surface area contributed by atoms with E-state index < -0.39 is 5.82 Å². The van der Waals surface area contributed by atoms with E-state index in [0.29, 0.717) is 16.8 Å². The first kappa shape index (κ1) is 9.71. The molecule has 3 aromatic rings. The number of halogens is 1. The number of para-hydroxylation sites is 1. The highest BCUT2D eigenvalue weighted by Gasteiger charge is 2.11. The van der Waals surface area contributed by atoms with E-state index in [-0.39, 0.29) is 11.5 Å². The Morgan fingerprint density at radius 2 is 2.06 bits per heavy atom.